The van der Waals surface area contributed by atoms with Crippen molar-refractivity contribution >= 4 is 10.8 Å². The van der Waals surface area contributed by atoms with E-state index in [4.69, 9.17) is 4.52 Å². The third-order valence-electron chi connectivity index (χ3n) is 3.81. The molecule has 0 amide bonds. The molecule has 1 aromatic heterocycles. The molecule has 2 aromatic carbocycles. The van der Waals surface area contributed by atoms with Gasteiger partial charge in [0.25, 0.3) is 0 Å². The average molecular weight is 264 g/mol. The van der Waals surface area contributed by atoms with E-state index in [1.54, 1.807) is 0 Å². The molecule has 0 spiro atoms. The average Bonchev–Trinajstić information content (AvgIpc) is 3.21. The summed E-state index contributed by atoms with van der Waals surface area (Å²) in [6.45, 7) is 0.830. The smallest absolute Gasteiger partial charge is 0.171 e. The topological polar surface area (TPSA) is 38.1 Å². The first-order chi connectivity index (χ1) is 9.90. The number of aromatic nitrogens is 1. The largest absolute Gasteiger partial charge is 0.356 e. The molecule has 100 valence electrons. The van der Waals surface area contributed by atoms with Gasteiger partial charge in [0.05, 0.1) is 6.20 Å². The van der Waals surface area contributed by atoms with E-state index >= 15 is 0 Å². The van der Waals surface area contributed by atoms with Crippen LogP contribution in [0.4, 0.5) is 0 Å². The highest BCUT2D eigenvalue weighted by atomic mass is 16.5. The van der Waals surface area contributed by atoms with Crippen molar-refractivity contribution in [1.82, 2.24) is 10.5 Å². The first-order valence-corrected chi connectivity index (χ1v) is 7.06. The van der Waals surface area contributed by atoms with Gasteiger partial charge in [0, 0.05) is 23.7 Å². The maximum Gasteiger partial charge on any atom is 0.171 e. The van der Waals surface area contributed by atoms with E-state index in [1.807, 2.05) is 6.20 Å². The molecule has 0 aliphatic heterocycles. The first-order valence-electron chi connectivity index (χ1n) is 7.06. The Kier molecular flexibility index (Phi) is 2.78. The van der Waals surface area contributed by atoms with Crippen LogP contribution >= 0.6 is 0 Å². The predicted molar refractivity (Wildman–Crippen MR) is 79.3 cm³/mol. The third-order valence-corrected chi connectivity index (χ3v) is 3.81. The molecule has 0 unspecified atom stereocenters. The van der Waals surface area contributed by atoms with Crippen LogP contribution in [0, 0.1) is 0 Å². The van der Waals surface area contributed by atoms with Crippen LogP contribution in [0.5, 0.6) is 0 Å². The second-order valence-corrected chi connectivity index (χ2v) is 5.40. The fourth-order valence-electron chi connectivity index (χ4n) is 2.50. The molecule has 3 nitrogen and oxygen atoms in total. The lowest BCUT2D eigenvalue weighted by atomic mass is 10.0. The van der Waals surface area contributed by atoms with Crippen LogP contribution in [0.1, 0.15) is 18.4 Å². The molecular weight excluding hydrogens is 248 g/mol. The Labute approximate surface area is 117 Å². The van der Waals surface area contributed by atoms with Gasteiger partial charge >= 0.3 is 0 Å². The van der Waals surface area contributed by atoms with Crippen LogP contribution in [0.15, 0.2) is 53.2 Å². The fraction of sp³-hybridized carbons (Fsp3) is 0.235. The maximum atomic E-state index is 5.46. The zero-order chi connectivity index (χ0) is 13.4. The fourth-order valence-corrected chi connectivity index (χ4v) is 2.50. The van der Waals surface area contributed by atoms with Crippen LogP contribution in [0.2, 0.25) is 0 Å². The number of nitrogens with one attached hydrogen (secondary N) is 1. The first kappa shape index (κ1) is 11.7. The number of hydrogen-bond donors (Lipinski definition) is 1. The molecule has 1 heterocycles. The molecule has 0 atom stereocenters. The highest BCUT2D eigenvalue weighted by molar-refractivity contribution is 5.86. The van der Waals surface area contributed by atoms with Gasteiger partial charge in [0.2, 0.25) is 0 Å². The van der Waals surface area contributed by atoms with Gasteiger partial charge in [-0.15, -0.1) is 0 Å². The van der Waals surface area contributed by atoms with Crippen molar-refractivity contribution in [2.45, 2.75) is 25.4 Å². The number of fused-ring (bicyclic) bond motifs is 1. The minimum Gasteiger partial charge on any atom is -0.356 e. The van der Waals surface area contributed by atoms with Gasteiger partial charge in [0.1, 0.15) is 0 Å². The van der Waals surface area contributed by atoms with E-state index < -0.39 is 0 Å². The van der Waals surface area contributed by atoms with Gasteiger partial charge in [-0.3, -0.25) is 0 Å². The summed E-state index contributed by atoms with van der Waals surface area (Å²) in [7, 11) is 0. The molecule has 1 aliphatic carbocycles. The highest BCUT2D eigenvalue weighted by Crippen LogP contribution is 2.28. The molecule has 3 heteroatoms. The van der Waals surface area contributed by atoms with Crippen molar-refractivity contribution in [2.75, 3.05) is 0 Å². The number of nitrogens with zero attached hydrogens (tertiary/aromatic N) is 1. The van der Waals surface area contributed by atoms with Gasteiger partial charge in [-0.05, 0) is 29.7 Å². The summed E-state index contributed by atoms with van der Waals surface area (Å²) in [4.78, 5) is 0. The molecule has 4 rings (SSSR count). The summed E-state index contributed by atoms with van der Waals surface area (Å²) in [6, 6.07) is 15.4. The van der Waals surface area contributed by atoms with Gasteiger partial charge in [0.15, 0.2) is 5.76 Å². The summed E-state index contributed by atoms with van der Waals surface area (Å²) < 4.78 is 5.46. The Hall–Kier alpha value is -2.13. The molecule has 0 radical (unpaired) electrons. The van der Waals surface area contributed by atoms with Crippen molar-refractivity contribution in [3.05, 3.63) is 54.2 Å². The maximum absolute atomic E-state index is 5.46. The molecule has 20 heavy (non-hydrogen) atoms. The van der Waals surface area contributed by atoms with Crippen molar-refractivity contribution < 1.29 is 4.52 Å². The van der Waals surface area contributed by atoms with Crippen molar-refractivity contribution in [1.29, 1.82) is 0 Å². The predicted octanol–water partition coefficient (Wildman–Crippen LogP) is 3.75. The number of benzene rings is 2. The summed E-state index contributed by atoms with van der Waals surface area (Å²) in [6.07, 6.45) is 4.40. The van der Waals surface area contributed by atoms with Crippen molar-refractivity contribution in [2.24, 2.45) is 0 Å². The summed E-state index contributed by atoms with van der Waals surface area (Å²) in [5.74, 6) is 0.879. The number of rotatable bonds is 4. The Balaban J connectivity index is 1.69. The van der Waals surface area contributed by atoms with Gasteiger partial charge in [-0.1, -0.05) is 41.6 Å². The Bertz CT molecular complexity index is 743. The van der Waals surface area contributed by atoms with Crippen LogP contribution in [-0.4, -0.2) is 11.2 Å². The standard InChI is InChI=1S/C17H16N2O/c1-2-4-13-9-14(6-5-12(13)3-1)17-15(11-19-20-17)10-18-16-7-8-16/h1-6,9,11,16,18H,7-8,10H2. The van der Waals surface area contributed by atoms with Crippen LogP contribution in [0.3, 0.4) is 0 Å². The summed E-state index contributed by atoms with van der Waals surface area (Å²) in [5, 5.41) is 9.94. The number of hydrogen-bond acceptors (Lipinski definition) is 3. The van der Waals surface area contributed by atoms with Crippen LogP contribution < -0.4 is 5.32 Å². The highest BCUT2D eigenvalue weighted by Gasteiger charge is 2.21. The zero-order valence-corrected chi connectivity index (χ0v) is 11.2. The lowest BCUT2D eigenvalue weighted by molar-refractivity contribution is 0.431. The summed E-state index contributed by atoms with van der Waals surface area (Å²) >= 11 is 0. The van der Waals surface area contributed by atoms with Crippen LogP contribution in [0.25, 0.3) is 22.1 Å². The molecule has 0 bridgehead atoms. The Morgan fingerprint density at radius 3 is 2.80 bits per heavy atom. The molecule has 1 saturated carbocycles. The lowest BCUT2D eigenvalue weighted by Crippen LogP contribution is -2.15. The van der Waals surface area contributed by atoms with E-state index in [1.165, 1.54) is 23.6 Å². The Morgan fingerprint density at radius 2 is 1.95 bits per heavy atom. The molecule has 0 saturated heterocycles. The molecule has 1 aliphatic rings. The minimum absolute atomic E-state index is 0.689. The third kappa shape index (κ3) is 2.21. The van der Waals surface area contributed by atoms with E-state index in [9.17, 15) is 0 Å². The van der Waals surface area contributed by atoms with Gasteiger partial charge in [-0.25, -0.2) is 0 Å². The van der Waals surface area contributed by atoms with Crippen molar-refractivity contribution in [3.63, 3.8) is 0 Å². The molecule has 3 aromatic rings. The SMILES string of the molecule is c1ccc2cc(-c3oncc3CNC3CC3)ccc2c1. The monoisotopic (exact) mass is 264 g/mol. The van der Waals surface area contributed by atoms with E-state index in [2.05, 4.69) is 52.9 Å². The van der Waals surface area contributed by atoms with E-state index in [-0.39, 0.29) is 0 Å². The lowest BCUT2D eigenvalue weighted by Gasteiger charge is -2.04. The van der Waals surface area contributed by atoms with E-state index in [0.717, 1.165) is 23.4 Å². The van der Waals surface area contributed by atoms with Gasteiger partial charge < -0.3 is 9.84 Å². The molecule has 1 N–H and O–H groups in total. The van der Waals surface area contributed by atoms with E-state index in [0.29, 0.717) is 6.04 Å². The second kappa shape index (κ2) is 4.76. The Morgan fingerprint density at radius 1 is 1.10 bits per heavy atom. The minimum atomic E-state index is 0.689. The normalized spacial score (nSPS) is 14.8. The van der Waals surface area contributed by atoms with Crippen LogP contribution in [-0.2, 0) is 6.54 Å². The van der Waals surface area contributed by atoms with Crippen molar-refractivity contribution in [3.8, 4) is 11.3 Å². The molecular formula is C17H16N2O. The summed E-state index contributed by atoms with van der Waals surface area (Å²) in [5.41, 5.74) is 2.22. The molecule has 1 fully saturated rings. The van der Waals surface area contributed by atoms with Gasteiger partial charge in [-0.2, -0.15) is 0 Å². The second-order valence-electron chi connectivity index (χ2n) is 5.40. The zero-order valence-electron chi connectivity index (χ0n) is 11.2. The quantitative estimate of drug-likeness (QED) is 0.780.